The van der Waals surface area contributed by atoms with E-state index in [2.05, 4.69) is 84.8 Å². The highest BCUT2D eigenvalue weighted by atomic mass is 79.9. The third-order valence-corrected chi connectivity index (χ3v) is 3.69. The average molecular weight is 348 g/mol. The summed E-state index contributed by atoms with van der Waals surface area (Å²) < 4.78 is 0.827. The van der Waals surface area contributed by atoms with Gasteiger partial charge in [-0.05, 0) is 28.4 Å². The van der Waals surface area contributed by atoms with Crippen LogP contribution in [0.25, 0.3) is 0 Å². The Morgan fingerprint density at radius 2 is 1.71 bits per heavy atom. The number of halogens is 1. The minimum absolute atomic E-state index is 0.0662. The first-order valence-electron chi connectivity index (χ1n) is 7.07. The van der Waals surface area contributed by atoms with Crippen LogP contribution in [0.4, 0.5) is 5.82 Å². The molecule has 0 unspecified atom stereocenters. The van der Waals surface area contributed by atoms with E-state index in [0.29, 0.717) is 0 Å². The minimum Gasteiger partial charge on any atom is -0.355 e. The van der Waals surface area contributed by atoms with Gasteiger partial charge in [-0.25, -0.2) is 9.97 Å². The zero-order chi connectivity index (χ0) is 15.6. The lowest BCUT2D eigenvalue weighted by molar-refractivity contribution is 0.542. The first kappa shape index (κ1) is 16.0. The zero-order valence-corrected chi connectivity index (χ0v) is 14.9. The molecule has 0 fully saturated rings. The third-order valence-electron chi connectivity index (χ3n) is 3.28. The van der Waals surface area contributed by atoms with Crippen LogP contribution < -0.4 is 4.90 Å². The first-order chi connectivity index (χ1) is 9.75. The summed E-state index contributed by atoms with van der Waals surface area (Å²) in [4.78, 5) is 11.3. The van der Waals surface area contributed by atoms with E-state index in [1.165, 1.54) is 11.1 Å². The van der Waals surface area contributed by atoms with Crippen molar-refractivity contribution in [2.75, 3.05) is 11.9 Å². The van der Waals surface area contributed by atoms with Crippen LogP contribution in [0.3, 0.4) is 0 Å². The van der Waals surface area contributed by atoms with E-state index in [1.54, 1.807) is 0 Å². The summed E-state index contributed by atoms with van der Waals surface area (Å²) in [6.45, 7) is 9.30. The van der Waals surface area contributed by atoms with Crippen LogP contribution in [-0.4, -0.2) is 17.0 Å². The molecule has 112 valence electrons. The van der Waals surface area contributed by atoms with Crippen molar-refractivity contribution in [2.45, 2.75) is 39.7 Å². The quantitative estimate of drug-likeness (QED) is 0.766. The van der Waals surface area contributed by atoms with Gasteiger partial charge in [-0.3, -0.25) is 0 Å². The molecule has 0 atom stereocenters. The van der Waals surface area contributed by atoms with Crippen molar-refractivity contribution >= 4 is 21.7 Å². The van der Waals surface area contributed by atoms with Gasteiger partial charge in [0.25, 0.3) is 0 Å². The molecule has 0 saturated heterocycles. The molecule has 1 heterocycles. The van der Waals surface area contributed by atoms with E-state index in [-0.39, 0.29) is 5.41 Å². The second-order valence-corrected chi connectivity index (χ2v) is 7.28. The molecule has 1 aromatic carbocycles. The van der Waals surface area contributed by atoms with Gasteiger partial charge in [0.2, 0.25) is 0 Å². The molecule has 4 heteroatoms. The molecule has 0 aliphatic heterocycles. The molecule has 0 aliphatic carbocycles. The Balaban J connectivity index is 2.24. The smallest absolute Gasteiger partial charge is 0.137 e. The van der Waals surface area contributed by atoms with Crippen LogP contribution in [0.5, 0.6) is 0 Å². The van der Waals surface area contributed by atoms with Crippen molar-refractivity contribution in [2.24, 2.45) is 0 Å². The van der Waals surface area contributed by atoms with Gasteiger partial charge in [0.15, 0.2) is 0 Å². The molecule has 3 nitrogen and oxygen atoms in total. The summed E-state index contributed by atoms with van der Waals surface area (Å²) in [5.74, 6) is 1.78. The fourth-order valence-corrected chi connectivity index (χ4v) is 2.36. The lowest BCUT2D eigenvalue weighted by Crippen LogP contribution is -2.22. The van der Waals surface area contributed by atoms with Crippen LogP contribution >= 0.6 is 15.9 Å². The van der Waals surface area contributed by atoms with Gasteiger partial charge in [0.05, 0.1) is 0 Å². The van der Waals surface area contributed by atoms with Crippen LogP contribution in [-0.2, 0) is 12.0 Å². The molecule has 0 saturated carbocycles. The summed E-state index contributed by atoms with van der Waals surface area (Å²) >= 11 is 3.49. The Bertz CT molecular complexity index is 615. The fourth-order valence-electron chi connectivity index (χ4n) is 1.99. The van der Waals surface area contributed by atoms with Crippen molar-refractivity contribution in [3.05, 3.63) is 51.9 Å². The molecule has 2 rings (SSSR count). The van der Waals surface area contributed by atoms with E-state index >= 15 is 0 Å². The Hall–Kier alpha value is -1.42. The average Bonchev–Trinajstić information content (AvgIpc) is 2.39. The molecule has 0 amide bonds. The number of hydrogen-bond donors (Lipinski definition) is 0. The number of hydrogen-bond acceptors (Lipinski definition) is 3. The van der Waals surface area contributed by atoms with Gasteiger partial charge in [-0.2, -0.15) is 0 Å². The highest BCUT2D eigenvalue weighted by molar-refractivity contribution is 9.10. The second kappa shape index (κ2) is 6.14. The van der Waals surface area contributed by atoms with E-state index in [4.69, 9.17) is 4.98 Å². The molecule has 1 aromatic heterocycles. The predicted molar refractivity (Wildman–Crippen MR) is 91.7 cm³/mol. The Labute approximate surface area is 135 Å². The SMILES string of the molecule is Cc1ccc(CN(C)c2cc(Br)nc(C(C)(C)C)n2)cc1. The van der Waals surface area contributed by atoms with E-state index in [9.17, 15) is 0 Å². The van der Waals surface area contributed by atoms with E-state index in [1.807, 2.05) is 6.07 Å². The molecule has 0 spiro atoms. The first-order valence-corrected chi connectivity index (χ1v) is 7.87. The predicted octanol–water partition coefficient (Wildman–Crippen LogP) is 4.48. The van der Waals surface area contributed by atoms with Gasteiger partial charge in [0.1, 0.15) is 16.2 Å². The van der Waals surface area contributed by atoms with Crippen molar-refractivity contribution in [3.63, 3.8) is 0 Å². The summed E-state index contributed by atoms with van der Waals surface area (Å²) in [5.41, 5.74) is 2.49. The Morgan fingerprint density at radius 3 is 2.29 bits per heavy atom. The number of nitrogens with zero attached hydrogens (tertiary/aromatic N) is 3. The largest absolute Gasteiger partial charge is 0.355 e. The van der Waals surface area contributed by atoms with E-state index in [0.717, 1.165) is 22.8 Å². The normalized spacial score (nSPS) is 11.5. The van der Waals surface area contributed by atoms with Gasteiger partial charge in [-0.15, -0.1) is 0 Å². The highest BCUT2D eigenvalue weighted by Crippen LogP contribution is 2.24. The van der Waals surface area contributed by atoms with Gasteiger partial charge < -0.3 is 4.90 Å². The maximum absolute atomic E-state index is 4.70. The number of benzene rings is 1. The van der Waals surface area contributed by atoms with Crippen LogP contribution in [0.15, 0.2) is 34.9 Å². The van der Waals surface area contributed by atoms with Crippen molar-refractivity contribution in [3.8, 4) is 0 Å². The number of aryl methyl sites for hydroxylation is 1. The van der Waals surface area contributed by atoms with Crippen LogP contribution in [0, 0.1) is 6.92 Å². The van der Waals surface area contributed by atoms with E-state index < -0.39 is 0 Å². The van der Waals surface area contributed by atoms with Crippen molar-refractivity contribution < 1.29 is 0 Å². The monoisotopic (exact) mass is 347 g/mol. The molecule has 0 radical (unpaired) electrons. The molecular weight excluding hydrogens is 326 g/mol. The third kappa shape index (κ3) is 4.27. The molecule has 2 aromatic rings. The van der Waals surface area contributed by atoms with Gasteiger partial charge >= 0.3 is 0 Å². The Kier molecular flexibility index (Phi) is 4.67. The zero-order valence-electron chi connectivity index (χ0n) is 13.3. The number of rotatable bonds is 3. The summed E-state index contributed by atoms with van der Waals surface area (Å²) in [7, 11) is 2.06. The topological polar surface area (TPSA) is 29.0 Å². The summed E-state index contributed by atoms with van der Waals surface area (Å²) in [6.07, 6.45) is 0. The standard InChI is InChI=1S/C17H22BrN3/c1-12-6-8-13(9-7-12)11-21(5)15-10-14(18)19-16(20-15)17(2,3)4/h6-10H,11H2,1-5H3. The number of anilines is 1. The Morgan fingerprint density at radius 1 is 1.10 bits per heavy atom. The van der Waals surface area contributed by atoms with Gasteiger partial charge in [-0.1, -0.05) is 50.6 Å². The fraction of sp³-hybridized carbons (Fsp3) is 0.412. The van der Waals surface area contributed by atoms with Crippen molar-refractivity contribution in [1.29, 1.82) is 0 Å². The molecular formula is C17H22BrN3. The molecule has 21 heavy (non-hydrogen) atoms. The number of aromatic nitrogens is 2. The lowest BCUT2D eigenvalue weighted by atomic mass is 9.96. The summed E-state index contributed by atoms with van der Waals surface area (Å²) in [6, 6.07) is 10.6. The lowest BCUT2D eigenvalue weighted by Gasteiger charge is -2.22. The van der Waals surface area contributed by atoms with Crippen LogP contribution in [0.2, 0.25) is 0 Å². The molecule has 0 N–H and O–H groups in total. The highest BCUT2D eigenvalue weighted by Gasteiger charge is 2.19. The van der Waals surface area contributed by atoms with Crippen molar-refractivity contribution in [1.82, 2.24) is 9.97 Å². The van der Waals surface area contributed by atoms with Crippen LogP contribution in [0.1, 0.15) is 37.7 Å². The molecule has 0 bridgehead atoms. The molecule has 0 aliphatic rings. The summed E-state index contributed by atoms with van der Waals surface area (Å²) in [5, 5.41) is 0. The maximum Gasteiger partial charge on any atom is 0.137 e. The maximum atomic E-state index is 4.70. The van der Waals surface area contributed by atoms with Gasteiger partial charge in [0, 0.05) is 25.1 Å². The second-order valence-electron chi connectivity index (χ2n) is 6.46. The minimum atomic E-state index is -0.0662.